The van der Waals surface area contributed by atoms with Crippen molar-refractivity contribution in [3.05, 3.63) is 0 Å². The minimum Gasteiger partial charge on any atom is -0.392 e. The van der Waals surface area contributed by atoms with Crippen molar-refractivity contribution < 1.29 is 9.84 Å². The maximum absolute atomic E-state index is 10.1. The first-order chi connectivity index (χ1) is 8.31. The first kappa shape index (κ1) is 13.3. The maximum atomic E-state index is 10.1. The molecule has 0 radical (unpaired) electrons. The Balaban J connectivity index is 1.88. The molecule has 0 amide bonds. The Labute approximate surface area is 105 Å². The molecule has 2 rings (SSSR count). The Kier molecular flexibility index (Phi) is 5.26. The van der Waals surface area contributed by atoms with E-state index in [0.717, 1.165) is 19.3 Å². The van der Waals surface area contributed by atoms with Crippen LogP contribution in [0.25, 0.3) is 0 Å². The van der Waals surface area contributed by atoms with Crippen LogP contribution in [0.1, 0.15) is 57.8 Å². The molecule has 0 aromatic rings. The lowest BCUT2D eigenvalue weighted by molar-refractivity contribution is 0.0247. The lowest BCUT2D eigenvalue weighted by Gasteiger charge is -2.35. The number of nitrogens with one attached hydrogen (secondary N) is 1. The van der Waals surface area contributed by atoms with Gasteiger partial charge in [-0.25, -0.2) is 0 Å². The van der Waals surface area contributed by atoms with Crippen LogP contribution in [-0.4, -0.2) is 36.5 Å². The van der Waals surface area contributed by atoms with Crippen LogP contribution in [0, 0.1) is 0 Å². The molecule has 17 heavy (non-hydrogen) atoms. The molecular weight excluding hydrogens is 214 g/mol. The van der Waals surface area contributed by atoms with Crippen LogP contribution in [0.5, 0.6) is 0 Å². The van der Waals surface area contributed by atoms with Crippen molar-refractivity contribution in [2.75, 3.05) is 7.11 Å². The highest BCUT2D eigenvalue weighted by atomic mass is 16.5. The summed E-state index contributed by atoms with van der Waals surface area (Å²) < 4.78 is 5.57. The highest BCUT2D eigenvalue weighted by Crippen LogP contribution is 2.24. The molecule has 0 aliphatic heterocycles. The lowest BCUT2D eigenvalue weighted by Crippen LogP contribution is -2.51. The van der Waals surface area contributed by atoms with Crippen LogP contribution in [-0.2, 0) is 4.74 Å². The predicted molar refractivity (Wildman–Crippen MR) is 69.1 cm³/mol. The summed E-state index contributed by atoms with van der Waals surface area (Å²) in [5.74, 6) is 0. The van der Waals surface area contributed by atoms with Gasteiger partial charge >= 0.3 is 0 Å². The van der Waals surface area contributed by atoms with Gasteiger partial charge in [-0.05, 0) is 25.7 Å². The summed E-state index contributed by atoms with van der Waals surface area (Å²) in [6, 6.07) is 0.741. The number of hydrogen-bond acceptors (Lipinski definition) is 3. The molecule has 0 aromatic heterocycles. The largest absolute Gasteiger partial charge is 0.392 e. The molecule has 2 N–H and O–H groups in total. The standard InChI is InChI=1S/C14H27NO2/c1-17-14-10-6-5-8-12(14)15-11-7-3-2-4-9-13(11)16/h11-16H,2-10H2,1H3. The molecule has 2 fully saturated rings. The van der Waals surface area contributed by atoms with E-state index in [2.05, 4.69) is 5.32 Å². The summed E-state index contributed by atoms with van der Waals surface area (Å²) in [6.07, 6.45) is 10.9. The quantitative estimate of drug-likeness (QED) is 0.745. The molecule has 0 aromatic carbocycles. The van der Waals surface area contributed by atoms with Crippen LogP contribution >= 0.6 is 0 Å². The second kappa shape index (κ2) is 6.72. The fourth-order valence-corrected chi connectivity index (χ4v) is 3.33. The zero-order valence-electron chi connectivity index (χ0n) is 11.0. The number of ether oxygens (including phenoxy) is 1. The van der Waals surface area contributed by atoms with Gasteiger partial charge in [0.15, 0.2) is 0 Å². The van der Waals surface area contributed by atoms with E-state index in [1.165, 1.54) is 38.5 Å². The maximum Gasteiger partial charge on any atom is 0.0724 e. The van der Waals surface area contributed by atoms with E-state index in [4.69, 9.17) is 4.74 Å². The third-order valence-electron chi connectivity index (χ3n) is 4.41. The minimum atomic E-state index is -0.156. The van der Waals surface area contributed by atoms with Gasteiger partial charge in [0.1, 0.15) is 0 Å². The summed E-state index contributed by atoms with van der Waals surface area (Å²) in [4.78, 5) is 0. The zero-order valence-corrected chi connectivity index (χ0v) is 11.0. The molecule has 4 atom stereocenters. The molecule has 0 heterocycles. The van der Waals surface area contributed by atoms with Crippen molar-refractivity contribution in [3.8, 4) is 0 Å². The van der Waals surface area contributed by atoms with E-state index < -0.39 is 0 Å². The average molecular weight is 241 g/mol. The molecule has 4 unspecified atom stereocenters. The minimum absolute atomic E-state index is 0.156. The summed E-state index contributed by atoms with van der Waals surface area (Å²) in [5, 5.41) is 13.8. The van der Waals surface area contributed by atoms with Crippen LogP contribution in [0.2, 0.25) is 0 Å². The van der Waals surface area contributed by atoms with Crippen molar-refractivity contribution in [1.29, 1.82) is 0 Å². The Hall–Kier alpha value is -0.120. The van der Waals surface area contributed by atoms with Gasteiger partial charge in [0.05, 0.1) is 12.2 Å². The second-order valence-corrected chi connectivity index (χ2v) is 5.64. The van der Waals surface area contributed by atoms with Crippen molar-refractivity contribution in [2.24, 2.45) is 0 Å². The number of rotatable bonds is 3. The number of hydrogen-bond donors (Lipinski definition) is 2. The van der Waals surface area contributed by atoms with Gasteiger partial charge in [-0.2, -0.15) is 0 Å². The van der Waals surface area contributed by atoms with Gasteiger partial charge in [0.25, 0.3) is 0 Å². The predicted octanol–water partition coefficient (Wildman–Crippen LogP) is 2.23. The van der Waals surface area contributed by atoms with Crippen LogP contribution in [0.4, 0.5) is 0 Å². The smallest absolute Gasteiger partial charge is 0.0724 e. The molecule has 3 nitrogen and oxygen atoms in total. The summed E-state index contributed by atoms with van der Waals surface area (Å²) in [6.45, 7) is 0. The monoisotopic (exact) mass is 241 g/mol. The normalized spacial score (nSPS) is 39.9. The number of aliphatic hydroxyl groups excluding tert-OH is 1. The molecule has 2 aliphatic rings. The van der Waals surface area contributed by atoms with E-state index in [9.17, 15) is 5.11 Å². The van der Waals surface area contributed by atoms with Gasteiger partial charge < -0.3 is 15.2 Å². The Bertz CT molecular complexity index is 222. The fraction of sp³-hybridized carbons (Fsp3) is 1.00. The van der Waals surface area contributed by atoms with Gasteiger partial charge in [0.2, 0.25) is 0 Å². The Morgan fingerprint density at radius 3 is 2.35 bits per heavy atom. The molecular formula is C14H27NO2. The van der Waals surface area contributed by atoms with Gasteiger partial charge in [0, 0.05) is 19.2 Å². The highest BCUT2D eigenvalue weighted by Gasteiger charge is 2.30. The average Bonchev–Trinajstić information content (AvgIpc) is 2.56. The topological polar surface area (TPSA) is 41.5 Å². The van der Waals surface area contributed by atoms with Crippen molar-refractivity contribution >= 4 is 0 Å². The fourth-order valence-electron chi connectivity index (χ4n) is 3.33. The van der Waals surface area contributed by atoms with Gasteiger partial charge in [-0.1, -0.05) is 32.1 Å². The zero-order chi connectivity index (χ0) is 12.1. The molecule has 3 heteroatoms. The van der Waals surface area contributed by atoms with E-state index in [1.54, 1.807) is 0 Å². The molecule has 0 saturated heterocycles. The number of aliphatic hydroxyl groups is 1. The lowest BCUT2D eigenvalue weighted by atomic mass is 9.91. The van der Waals surface area contributed by atoms with Crippen molar-refractivity contribution in [2.45, 2.75) is 82.1 Å². The second-order valence-electron chi connectivity index (χ2n) is 5.64. The first-order valence-corrected chi connectivity index (χ1v) is 7.28. The van der Waals surface area contributed by atoms with Crippen LogP contribution in [0.15, 0.2) is 0 Å². The van der Waals surface area contributed by atoms with Crippen molar-refractivity contribution in [1.82, 2.24) is 5.32 Å². The molecule has 0 bridgehead atoms. The van der Waals surface area contributed by atoms with Crippen LogP contribution in [0.3, 0.4) is 0 Å². The Morgan fingerprint density at radius 1 is 0.882 bits per heavy atom. The Morgan fingerprint density at radius 2 is 1.53 bits per heavy atom. The summed E-state index contributed by atoms with van der Waals surface area (Å²) >= 11 is 0. The SMILES string of the molecule is COC1CCCCC1NC1CCCCCC1O. The van der Waals surface area contributed by atoms with Crippen molar-refractivity contribution in [3.63, 3.8) is 0 Å². The molecule has 2 saturated carbocycles. The van der Waals surface area contributed by atoms with Gasteiger partial charge in [-0.15, -0.1) is 0 Å². The third kappa shape index (κ3) is 3.67. The summed E-state index contributed by atoms with van der Waals surface area (Å²) in [5.41, 5.74) is 0. The molecule has 100 valence electrons. The molecule has 0 spiro atoms. The van der Waals surface area contributed by atoms with E-state index in [-0.39, 0.29) is 6.10 Å². The van der Waals surface area contributed by atoms with E-state index >= 15 is 0 Å². The summed E-state index contributed by atoms with van der Waals surface area (Å²) in [7, 11) is 1.81. The van der Waals surface area contributed by atoms with Crippen LogP contribution < -0.4 is 5.32 Å². The third-order valence-corrected chi connectivity index (χ3v) is 4.41. The van der Waals surface area contributed by atoms with E-state index in [0.29, 0.717) is 18.2 Å². The first-order valence-electron chi connectivity index (χ1n) is 7.28. The van der Waals surface area contributed by atoms with Gasteiger partial charge in [-0.3, -0.25) is 0 Å². The highest BCUT2D eigenvalue weighted by molar-refractivity contribution is 4.88. The number of methoxy groups -OCH3 is 1. The molecule has 2 aliphatic carbocycles. The van der Waals surface area contributed by atoms with E-state index in [1.807, 2.05) is 7.11 Å².